The van der Waals surface area contributed by atoms with Gasteiger partial charge in [0, 0.05) is 43.7 Å². The maximum absolute atomic E-state index is 12.3. The van der Waals surface area contributed by atoms with Crippen LogP contribution in [0.4, 0.5) is 11.4 Å². The molecule has 0 spiro atoms. The van der Waals surface area contributed by atoms with Gasteiger partial charge >= 0.3 is 0 Å². The van der Waals surface area contributed by atoms with E-state index in [9.17, 15) is 14.9 Å². The van der Waals surface area contributed by atoms with Crippen molar-refractivity contribution in [3.8, 4) is 0 Å². The molecule has 30 heavy (non-hydrogen) atoms. The van der Waals surface area contributed by atoms with Crippen LogP contribution in [0, 0.1) is 10.1 Å². The van der Waals surface area contributed by atoms with E-state index in [0.717, 1.165) is 37.1 Å². The van der Waals surface area contributed by atoms with Gasteiger partial charge in [-0.2, -0.15) is 5.10 Å². The summed E-state index contributed by atoms with van der Waals surface area (Å²) in [5.74, 6) is -0.0954. The Morgan fingerprint density at radius 2 is 1.87 bits per heavy atom. The van der Waals surface area contributed by atoms with E-state index in [4.69, 9.17) is 11.6 Å². The molecule has 0 bridgehead atoms. The van der Waals surface area contributed by atoms with Crippen LogP contribution in [-0.4, -0.2) is 63.1 Å². The minimum absolute atomic E-state index is 0.0543. The number of para-hydroxylation sites is 1. The lowest BCUT2D eigenvalue weighted by Gasteiger charge is -2.34. The first-order valence-electron chi connectivity index (χ1n) is 9.58. The van der Waals surface area contributed by atoms with E-state index in [-0.39, 0.29) is 11.6 Å². The Labute approximate surface area is 178 Å². The molecule has 4 rings (SSSR count). The van der Waals surface area contributed by atoms with Gasteiger partial charge < -0.3 is 5.32 Å². The first kappa shape index (κ1) is 20.3. The third-order valence-corrected chi connectivity index (χ3v) is 5.48. The molecule has 1 aliphatic heterocycles. The molecule has 1 saturated heterocycles. The minimum atomic E-state index is -0.400. The molecule has 1 fully saturated rings. The average molecular weight is 429 g/mol. The first-order valence-corrected chi connectivity index (χ1v) is 9.96. The Balaban J connectivity index is 1.31. The number of nitro benzene ring substituents is 1. The van der Waals surface area contributed by atoms with E-state index in [1.807, 2.05) is 12.1 Å². The zero-order valence-corrected chi connectivity index (χ0v) is 17.0. The Morgan fingerprint density at radius 1 is 1.13 bits per heavy atom. The van der Waals surface area contributed by atoms with E-state index in [2.05, 4.69) is 20.2 Å². The third kappa shape index (κ3) is 4.59. The van der Waals surface area contributed by atoms with Crippen LogP contribution in [0.2, 0.25) is 5.02 Å². The van der Waals surface area contributed by atoms with Crippen LogP contribution in [-0.2, 0) is 11.5 Å². The second-order valence-corrected chi connectivity index (χ2v) is 7.62. The van der Waals surface area contributed by atoms with Gasteiger partial charge in [0.1, 0.15) is 0 Å². The van der Waals surface area contributed by atoms with Crippen LogP contribution >= 0.6 is 11.6 Å². The molecule has 1 aliphatic rings. The van der Waals surface area contributed by atoms with Gasteiger partial charge in [-0.05, 0) is 18.2 Å². The van der Waals surface area contributed by atoms with Crippen LogP contribution < -0.4 is 5.32 Å². The number of rotatable bonds is 6. The zero-order valence-electron chi connectivity index (χ0n) is 16.2. The fourth-order valence-corrected chi connectivity index (χ4v) is 3.70. The molecule has 2 heterocycles. The number of nitrogens with one attached hydrogen (secondary N) is 1. The van der Waals surface area contributed by atoms with Crippen LogP contribution in [0.5, 0.6) is 0 Å². The number of non-ortho nitro benzene ring substituents is 1. The Morgan fingerprint density at radius 3 is 2.60 bits per heavy atom. The summed E-state index contributed by atoms with van der Waals surface area (Å²) in [6.45, 7) is 3.89. The summed E-state index contributed by atoms with van der Waals surface area (Å²) < 4.78 is 1.78. The maximum atomic E-state index is 12.3. The number of halogens is 1. The highest BCUT2D eigenvalue weighted by Crippen LogP contribution is 2.22. The molecule has 10 heteroatoms. The summed E-state index contributed by atoms with van der Waals surface area (Å²) in [7, 11) is 0. The first-order chi connectivity index (χ1) is 14.5. The SMILES string of the molecule is O=C(CN1CCN(Cn2ncc3ccc([N+](=O)[O-])cc32)CC1)Nc1ccccc1Cl. The molecule has 0 radical (unpaired) electrons. The molecule has 0 atom stereocenters. The molecule has 0 aliphatic carbocycles. The van der Waals surface area contributed by atoms with E-state index in [1.54, 1.807) is 35.1 Å². The monoisotopic (exact) mass is 428 g/mol. The Kier molecular flexibility index (Phi) is 5.93. The van der Waals surface area contributed by atoms with Gasteiger partial charge in [-0.25, -0.2) is 0 Å². The number of carbonyl (C=O) groups is 1. The summed E-state index contributed by atoms with van der Waals surface area (Å²) >= 11 is 6.09. The lowest BCUT2D eigenvalue weighted by Crippen LogP contribution is -2.48. The number of hydrogen-bond acceptors (Lipinski definition) is 6. The van der Waals surface area contributed by atoms with Crippen LogP contribution in [0.15, 0.2) is 48.7 Å². The maximum Gasteiger partial charge on any atom is 0.271 e. The molecule has 0 saturated carbocycles. The lowest BCUT2D eigenvalue weighted by molar-refractivity contribution is -0.384. The lowest BCUT2D eigenvalue weighted by atomic mass is 10.2. The smallest absolute Gasteiger partial charge is 0.271 e. The number of hydrogen-bond donors (Lipinski definition) is 1. The van der Waals surface area contributed by atoms with Gasteiger partial charge in [-0.15, -0.1) is 0 Å². The molecule has 9 nitrogen and oxygen atoms in total. The fraction of sp³-hybridized carbons (Fsp3) is 0.300. The van der Waals surface area contributed by atoms with Gasteiger partial charge in [0.2, 0.25) is 5.91 Å². The standard InChI is InChI=1S/C20H21ClN6O3/c21-17-3-1-2-4-18(17)23-20(28)13-24-7-9-25(10-8-24)14-26-19-11-16(27(29)30)6-5-15(19)12-22-26/h1-6,11-12H,7-10,13-14H2,(H,23,28). The number of carbonyl (C=O) groups excluding carboxylic acids is 1. The van der Waals surface area contributed by atoms with Gasteiger partial charge in [0.25, 0.3) is 5.69 Å². The van der Waals surface area contributed by atoms with E-state index in [1.165, 1.54) is 6.07 Å². The molecule has 1 N–H and O–H groups in total. The summed E-state index contributed by atoms with van der Waals surface area (Å²) in [6.07, 6.45) is 1.72. The van der Waals surface area contributed by atoms with Crippen molar-refractivity contribution in [2.24, 2.45) is 0 Å². The van der Waals surface area contributed by atoms with Crippen molar-refractivity contribution in [2.45, 2.75) is 6.67 Å². The van der Waals surface area contributed by atoms with Gasteiger partial charge in [-0.1, -0.05) is 23.7 Å². The van der Waals surface area contributed by atoms with Crippen molar-refractivity contribution in [1.82, 2.24) is 19.6 Å². The van der Waals surface area contributed by atoms with Crippen LogP contribution in [0.25, 0.3) is 10.9 Å². The number of nitro groups is 1. The van der Waals surface area contributed by atoms with Crippen molar-refractivity contribution in [2.75, 3.05) is 38.0 Å². The number of benzene rings is 2. The highest BCUT2D eigenvalue weighted by molar-refractivity contribution is 6.33. The van der Waals surface area contributed by atoms with Gasteiger partial charge in [0.15, 0.2) is 0 Å². The fourth-order valence-electron chi connectivity index (χ4n) is 3.52. The van der Waals surface area contributed by atoms with Gasteiger partial charge in [0.05, 0.1) is 40.6 Å². The van der Waals surface area contributed by atoms with Crippen molar-refractivity contribution in [1.29, 1.82) is 0 Å². The molecule has 2 aromatic carbocycles. The highest BCUT2D eigenvalue weighted by atomic mass is 35.5. The van der Waals surface area contributed by atoms with E-state index in [0.29, 0.717) is 23.9 Å². The number of amides is 1. The predicted octanol–water partition coefficient (Wildman–Crippen LogP) is 2.81. The van der Waals surface area contributed by atoms with Crippen molar-refractivity contribution < 1.29 is 9.72 Å². The number of nitrogens with zero attached hydrogens (tertiary/aromatic N) is 5. The van der Waals surface area contributed by atoms with Crippen LogP contribution in [0.1, 0.15) is 0 Å². The molecule has 3 aromatic rings. The quantitative estimate of drug-likeness (QED) is 0.479. The van der Waals surface area contributed by atoms with Crippen LogP contribution in [0.3, 0.4) is 0 Å². The van der Waals surface area contributed by atoms with Crippen molar-refractivity contribution in [3.63, 3.8) is 0 Å². The predicted molar refractivity (Wildman–Crippen MR) is 114 cm³/mol. The second kappa shape index (κ2) is 8.78. The molecule has 1 amide bonds. The second-order valence-electron chi connectivity index (χ2n) is 7.21. The molecule has 0 unspecified atom stereocenters. The van der Waals surface area contributed by atoms with Crippen molar-refractivity contribution in [3.05, 3.63) is 63.8 Å². The molecule has 1 aromatic heterocycles. The number of anilines is 1. The summed E-state index contributed by atoms with van der Waals surface area (Å²) in [5.41, 5.74) is 1.41. The van der Waals surface area contributed by atoms with E-state index >= 15 is 0 Å². The molecular formula is C20H21ClN6O3. The summed E-state index contributed by atoms with van der Waals surface area (Å²) in [5, 5.41) is 19.7. The van der Waals surface area contributed by atoms with Crippen molar-refractivity contribution >= 4 is 39.8 Å². The number of fused-ring (bicyclic) bond motifs is 1. The van der Waals surface area contributed by atoms with E-state index < -0.39 is 4.92 Å². The zero-order chi connectivity index (χ0) is 21.1. The average Bonchev–Trinajstić information content (AvgIpc) is 3.13. The van der Waals surface area contributed by atoms with Gasteiger partial charge in [-0.3, -0.25) is 29.4 Å². The summed E-state index contributed by atoms with van der Waals surface area (Å²) in [4.78, 5) is 27.3. The molecular weight excluding hydrogens is 408 g/mol. The highest BCUT2D eigenvalue weighted by Gasteiger charge is 2.20. The largest absolute Gasteiger partial charge is 0.324 e. The topological polar surface area (TPSA) is 96.5 Å². The number of piperazine rings is 1. The minimum Gasteiger partial charge on any atom is -0.324 e. The normalized spacial score (nSPS) is 15.4. The summed E-state index contributed by atoms with van der Waals surface area (Å²) in [6, 6.07) is 11.9. The Hall–Kier alpha value is -3.01. The molecule has 156 valence electrons. The third-order valence-electron chi connectivity index (χ3n) is 5.15. The Bertz CT molecular complexity index is 1080. The number of aromatic nitrogens is 2.